The largest absolute Gasteiger partial charge is 0.381 e. The summed E-state index contributed by atoms with van der Waals surface area (Å²) in [5.41, 5.74) is 1.23. The molecule has 0 aliphatic heterocycles. The van der Waals surface area contributed by atoms with E-state index in [-0.39, 0.29) is 29.4 Å². The number of rotatable bonds is 9. The Morgan fingerprint density at radius 2 is 2.04 bits per heavy atom. The van der Waals surface area contributed by atoms with E-state index in [1.807, 2.05) is 0 Å². The predicted molar refractivity (Wildman–Crippen MR) is 119 cm³/mol. The van der Waals surface area contributed by atoms with Crippen LogP contribution in [0.3, 0.4) is 0 Å². The molecule has 0 saturated heterocycles. The molecule has 0 bridgehead atoms. The van der Waals surface area contributed by atoms with Crippen LogP contribution in [0.15, 0.2) is 10.4 Å². The molecule has 0 fully saturated rings. The summed E-state index contributed by atoms with van der Waals surface area (Å²) < 4.78 is 5.59. The molecule has 0 unspecified atom stereocenters. The first kappa shape index (κ1) is 24.6. The van der Waals surface area contributed by atoms with Crippen LogP contribution in [0.2, 0.25) is 0 Å². The Morgan fingerprint density at radius 1 is 1.32 bits per heavy atom. The summed E-state index contributed by atoms with van der Waals surface area (Å²) >= 11 is 1.68. The van der Waals surface area contributed by atoms with Gasteiger partial charge in [0.2, 0.25) is 0 Å². The SMILES string of the molecule is CCNC(=NCc1nc(C(C)(C)C)cs1)NCCCOCC(C)C.I. The minimum atomic E-state index is 0. The van der Waals surface area contributed by atoms with Gasteiger partial charge in [0.25, 0.3) is 0 Å². The second-order valence-corrected chi connectivity index (χ2v) is 8.26. The van der Waals surface area contributed by atoms with Gasteiger partial charge in [-0.3, -0.25) is 0 Å². The molecule has 2 N–H and O–H groups in total. The number of thiazole rings is 1. The maximum absolute atomic E-state index is 5.59. The summed E-state index contributed by atoms with van der Waals surface area (Å²) in [7, 11) is 0. The average Bonchev–Trinajstić information content (AvgIpc) is 2.97. The van der Waals surface area contributed by atoms with Crippen molar-refractivity contribution in [3.63, 3.8) is 0 Å². The van der Waals surface area contributed by atoms with Crippen LogP contribution in [0.5, 0.6) is 0 Å². The average molecular weight is 482 g/mol. The van der Waals surface area contributed by atoms with Gasteiger partial charge >= 0.3 is 0 Å². The van der Waals surface area contributed by atoms with Crippen LogP contribution in [0.1, 0.15) is 58.7 Å². The summed E-state index contributed by atoms with van der Waals surface area (Å²) in [5, 5.41) is 9.82. The normalized spacial score (nSPS) is 12.2. The lowest BCUT2D eigenvalue weighted by atomic mass is 9.93. The molecule has 5 nitrogen and oxygen atoms in total. The third-order valence-corrected chi connectivity index (χ3v) is 4.08. The molecule has 0 aliphatic carbocycles. The highest BCUT2D eigenvalue weighted by atomic mass is 127. The van der Waals surface area contributed by atoms with E-state index < -0.39 is 0 Å². The molecule has 0 radical (unpaired) electrons. The number of hydrogen-bond acceptors (Lipinski definition) is 4. The van der Waals surface area contributed by atoms with Crippen LogP contribution >= 0.6 is 35.3 Å². The zero-order chi connectivity index (χ0) is 18.0. The van der Waals surface area contributed by atoms with Crippen molar-refractivity contribution in [1.82, 2.24) is 15.6 Å². The van der Waals surface area contributed by atoms with E-state index in [0.717, 1.165) is 49.4 Å². The maximum atomic E-state index is 5.59. The number of aromatic nitrogens is 1. The Kier molecular flexibility index (Phi) is 12.7. The number of guanidine groups is 1. The van der Waals surface area contributed by atoms with Crippen LogP contribution in [0.25, 0.3) is 0 Å². The van der Waals surface area contributed by atoms with E-state index in [2.05, 4.69) is 67.5 Å². The summed E-state index contributed by atoms with van der Waals surface area (Å²) in [6.45, 7) is 16.9. The van der Waals surface area contributed by atoms with Gasteiger partial charge in [0.05, 0.1) is 12.2 Å². The molecule has 0 amide bonds. The quantitative estimate of drug-likeness (QED) is 0.240. The lowest BCUT2D eigenvalue weighted by molar-refractivity contribution is 0.108. The predicted octanol–water partition coefficient (Wildman–Crippen LogP) is 4.18. The monoisotopic (exact) mass is 482 g/mol. The van der Waals surface area contributed by atoms with Crippen molar-refractivity contribution in [1.29, 1.82) is 0 Å². The van der Waals surface area contributed by atoms with E-state index in [1.54, 1.807) is 11.3 Å². The Bertz CT molecular complexity index is 498. The molecular formula is C18H35IN4OS. The van der Waals surface area contributed by atoms with Crippen LogP contribution < -0.4 is 10.6 Å². The fraction of sp³-hybridized carbons (Fsp3) is 0.778. The summed E-state index contributed by atoms with van der Waals surface area (Å²) in [6.07, 6.45) is 0.975. The third kappa shape index (κ3) is 11.0. The van der Waals surface area contributed by atoms with Gasteiger partial charge in [0.1, 0.15) is 5.01 Å². The highest BCUT2D eigenvalue weighted by molar-refractivity contribution is 14.0. The molecular weight excluding hydrogens is 447 g/mol. The Balaban J connectivity index is 0.00000576. The first-order valence-corrected chi connectivity index (χ1v) is 9.75. The molecule has 146 valence electrons. The molecule has 0 spiro atoms. The molecule has 25 heavy (non-hydrogen) atoms. The first-order chi connectivity index (χ1) is 11.3. The molecule has 0 saturated carbocycles. The Labute approximate surface area is 174 Å². The highest BCUT2D eigenvalue weighted by Gasteiger charge is 2.17. The molecule has 1 aromatic rings. The van der Waals surface area contributed by atoms with Crippen molar-refractivity contribution < 1.29 is 4.74 Å². The third-order valence-electron chi connectivity index (χ3n) is 3.25. The molecule has 7 heteroatoms. The van der Waals surface area contributed by atoms with E-state index in [4.69, 9.17) is 4.74 Å². The van der Waals surface area contributed by atoms with E-state index in [9.17, 15) is 0 Å². The standard InChI is InChI=1S/C18H34N4OS.HI/c1-7-19-17(20-9-8-10-23-12-14(2)3)21-11-16-22-15(13-24-16)18(4,5)6;/h13-14H,7-12H2,1-6H3,(H2,19,20,21);1H. The molecule has 1 heterocycles. The van der Waals surface area contributed by atoms with Gasteiger partial charge in [-0.2, -0.15) is 0 Å². The minimum absolute atomic E-state index is 0. The van der Waals surface area contributed by atoms with Gasteiger partial charge in [-0.05, 0) is 19.3 Å². The molecule has 1 rings (SSSR count). The van der Waals surface area contributed by atoms with Gasteiger partial charge in [-0.1, -0.05) is 34.6 Å². The minimum Gasteiger partial charge on any atom is -0.381 e. The van der Waals surface area contributed by atoms with Gasteiger partial charge in [-0.25, -0.2) is 9.98 Å². The smallest absolute Gasteiger partial charge is 0.191 e. The fourth-order valence-corrected chi connectivity index (χ4v) is 2.86. The van der Waals surface area contributed by atoms with Gasteiger partial charge in [-0.15, -0.1) is 35.3 Å². The lowest BCUT2D eigenvalue weighted by Crippen LogP contribution is -2.38. The van der Waals surface area contributed by atoms with Crippen molar-refractivity contribution in [3.8, 4) is 0 Å². The van der Waals surface area contributed by atoms with E-state index >= 15 is 0 Å². The number of nitrogens with zero attached hydrogens (tertiary/aromatic N) is 2. The zero-order valence-corrected chi connectivity index (χ0v) is 19.7. The van der Waals surface area contributed by atoms with Gasteiger partial charge in [0.15, 0.2) is 5.96 Å². The Hall–Kier alpha value is -0.410. The Morgan fingerprint density at radius 3 is 2.60 bits per heavy atom. The number of ether oxygens (including phenoxy) is 1. The van der Waals surface area contributed by atoms with Crippen molar-refractivity contribution in [2.75, 3.05) is 26.3 Å². The van der Waals surface area contributed by atoms with Crippen LogP contribution in [0, 0.1) is 5.92 Å². The highest BCUT2D eigenvalue weighted by Crippen LogP contribution is 2.24. The van der Waals surface area contributed by atoms with Crippen LogP contribution in [-0.2, 0) is 16.7 Å². The molecule has 0 atom stereocenters. The topological polar surface area (TPSA) is 58.5 Å². The number of aliphatic imine (C=N–C) groups is 1. The van der Waals surface area contributed by atoms with Crippen molar-refractivity contribution >= 4 is 41.3 Å². The van der Waals surface area contributed by atoms with Gasteiger partial charge < -0.3 is 15.4 Å². The fourth-order valence-electron chi connectivity index (χ4n) is 1.92. The van der Waals surface area contributed by atoms with Gasteiger partial charge in [0, 0.05) is 37.1 Å². The zero-order valence-electron chi connectivity index (χ0n) is 16.5. The van der Waals surface area contributed by atoms with Crippen molar-refractivity contribution in [2.24, 2.45) is 10.9 Å². The molecule has 1 aromatic heterocycles. The van der Waals surface area contributed by atoms with Crippen molar-refractivity contribution in [3.05, 3.63) is 16.1 Å². The van der Waals surface area contributed by atoms with E-state index in [1.165, 1.54) is 0 Å². The molecule has 0 aliphatic rings. The number of hydrogen-bond donors (Lipinski definition) is 2. The summed E-state index contributed by atoms with van der Waals surface area (Å²) in [5.74, 6) is 1.43. The maximum Gasteiger partial charge on any atom is 0.191 e. The summed E-state index contributed by atoms with van der Waals surface area (Å²) in [4.78, 5) is 9.31. The second-order valence-electron chi connectivity index (χ2n) is 7.32. The number of halogens is 1. The van der Waals surface area contributed by atoms with Crippen LogP contribution in [0.4, 0.5) is 0 Å². The lowest BCUT2D eigenvalue weighted by Gasteiger charge is -2.14. The van der Waals surface area contributed by atoms with E-state index in [0.29, 0.717) is 12.5 Å². The van der Waals surface area contributed by atoms with Crippen LogP contribution in [-0.4, -0.2) is 37.2 Å². The summed E-state index contributed by atoms with van der Waals surface area (Å²) in [6, 6.07) is 0. The van der Waals surface area contributed by atoms with Crippen molar-refractivity contribution in [2.45, 2.75) is 59.9 Å². The molecule has 0 aromatic carbocycles. The second kappa shape index (κ2) is 12.9. The number of nitrogens with one attached hydrogen (secondary N) is 2. The first-order valence-electron chi connectivity index (χ1n) is 8.87.